The third-order valence-corrected chi connectivity index (χ3v) is 4.25. The predicted octanol–water partition coefficient (Wildman–Crippen LogP) is 3.31. The summed E-state index contributed by atoms with van der Waals surface area (Å²) in [6.45, 7) is 0. The highest BCUT2D eigenvalue weighted by molar-refractivity contribution is 5.39. The Labute approximate surface area is 114 Å². The van der Waals surface area contributed by atoms with Crippen molar-refractivity contribution >= 4 is 5.69 Å². The van der Waals surface area contributed by atoms with Crippen LogP contribution in [0, 0.1) is 16.0 Å². The normalized spacial score (nSPS) is 17.5. The number of hydrogen-bond donors (Lipinski definition) is 1. The van der Waals surface area contributed by atoms with Crippen LogP contribution in [0.5, 0.6) is 0 Å². The Hall–Kier alpha value is -1.42. The van der Waals surface area contributed by atoms with Gasteiger partial charge in [-0.15, -0.1) is 0 Å². The fraction of sp³-hybridized carbons (Fsp3) is 0.600. The van der Waals surface area contributed by atoms with E-state index in [1.54, 1.807) is 12.1 Å². The first kappa shape index (κ1) is 14.0. The summed E-state index contributed by atoms with van der Waals surface area (Å²) in [5, 5.41) is 14.4. The lowest BCUT2D eigenvalue weighted by Gasteiger charge is -2.22. The maximum atomic E-state index is 11.0. The molecule has 1 unspecified atom stereocenters. The average molecular weight is 262 g/mol. The molecule has 0 aliphatic heterocycles. The van der Waals surface area contributed by atoms with Crippen LogP contribution in [0.4, 0.5) is 5.69 Å². The molecule has 19 heavy (non-hydrogen) atoms. The third kappa shape index (κ3) is 3.53. The molecule has 0 bridgehead atoms. The van der Waals surface area contributed by atoms with Crippen LogP contribution in [0.25, 0.3) is 0 Å². The standard InChI is InChI=1S/C15H22N2O2/c1-16-14(12-6-2-3-7-12)11-10-13-8-4-5-9-15(13)17(18)19/h4-5,8-9,12,14,16H,2-3,6-7,10-11H2,1H3. The van der Waals surface area contributed by atoms with Gasteiger partial charge in [0.15, 0.2) is 0 Å². The molecule has 0 spiro atoms. The van der Waals surface area contributed by atoms with E-state index in [1.807, 2.05) is 19.2 Å². The molecule has 0 saturated heterocycles. The minimum atomic E-state index is -0.278. The van der Waals surface area contributed by atoms with Crippen molar-refractivity contribution in [2.45, 2.75) is 44.6 Å². The van der Waals surface area contributed by atoms with Crippen LogP contribution in [0.3, 0.4) is 0 Å². The Bertz CT molecular complexity index is 428. The Balaban J connectivity index is 1.99. The lowest BCUT2D eigenvalue weighted by molar-refractivity contribution is -0.385. The molecule has 0 aromatic heterocycles. The molecule has 1 saturated carbocycles. The minimum Gasteiger partial charge on any atom is -0.317 e. The Morgan fingerprint density at radius 3 is 2.68 bits per heavy atom. The summed E-state index contributed by atoms with van der Waals surface area (Å²) in [5.41, 5.74) is 1.11. The number of nitrogens with one attached hydrogen (secondary N) is 1. The third-order valence-electron chi connectivity index (χ3n) is 4.25. The van der Waals surface area contributed by atoms with Gasteiger partial charge >= 0.3 is 0 Å². The van der Waals surface area contributed by atoms with Crippen LogP contribution < -0.4 is 5.32 Å². The van der Waals surface area contributed by atoms with Gasteiger partial charge in [-0.3, -0.25) is 10.1 Å². The Kier molecular flexibility index (Phi) is 4.91. The van der Waals surface area contributed by atoms with Crippen molar-refractivity contribution in [3.8, 4) is 0 Å². The van der Waals surface area contributed by atoms with Gasteiger partial charge in [0.05, 0.1) is 4.92 Å². The van der Waals surface area contributed by atoms with Crippen LogP contribution in [-0.4, -0.2) is 18.0 Å². The number of nitro groups is 1. The van der Waals surface area contributed by atoms with Gasteiger partial charge in [0.25, 0.3) is 5.69 Å². The molecule has 0 radical (unpaired) electrons. The first-order valence-electron chi connectivity index (χ1n) is 7.12. The second-order valence-electron chi connectivity index (χ2n) is 5.36. The van der Waals surface area contributed by atoms with Gasteiger partial charge < -0.3 is 5.32 Å². The van der Waals surface area contributed by atoms with Crippen molar-refractivity contribution in [1.29, 1.82) is 0 Å². The van der Waals surface area contributed by atoms with Crippen LogP contribution in [-0.2, 0) is 6.42 Å². The summed E-state index contributed by atoms with van der Waals surface area (Å²) >= 11 is 0. The van der Waals surface area contributed by atoms with Crippen molar-refractivity contribution in [2.24, 2.45) is 5.92 Å². The van der Waals surface area contributed by atoms with E-state index < -0.39 is 0 Å². The van der Waals surface area contributed by atoms with Gasteiger partial charge in [0, 0.05) is 17.7 Å². The molecule has 1 aliphatic rings. The number of benzene rings is 1. The van der Waals surface area contributed by atoms with Crippen molar-refractivity contribution < 1.29 is 4.92 Å². The van der Waals surface area contributed by atoms with Gasteiger partial charge in [-0.05, 0) is 38.6 Å². The van der Waals surface area contributed by atoms with Crippen molar-refractivity contribution in [1.82, 2.24) is 5.32 Å². The molecule has 0 heterocycles. The summed E-state index contributed by atoms with van der Waals surface area (Å²) in [5.74, 6) is 0.743. The highest BCUT2D eigenvalue weighted by Gasteiger charge is 2.24. The van der Waals surface area contributed by atoms with E-state index in [2.05, 4.69) is 5.32 Å². The summed E-state index contributed by atoms with van der Waals surface area (Å²) in [7, 11) is 2.00. The molecule has 4 nitrogen and oxygen atoms in total. The maximum absolute atomic E-state index is 11.0. The second-order valence-corrected chi connectivity index (χ2v) is 5.36. The van der Waals surface area contributed by atoms with Crippen LogP contribution in [0.15, 0.2) is 24.3 Å². The second kappa shape index (κ2) is 6.66. The lowest BCUT2D eigenvalue weighted by Crippen LogP contribution is -2.32. The summed E-state index contributed by atoms with van der Waals surface area (Å²) in [4.78, 5) is 10.7. The average Bonchev–Trinajstić information content (AvgIpc) is 2.94. The van der Waals surface area contributed by atoms with Gasteiger partial charge in [-0.1, -0.05) is 31.0 Å². The highest BCUT2D eigenvalue weighted by atomic mass is 16.6. The smallest absolute Gasteiger partial charge is 0.272 e. The first-order chi connectivity index (χ1) is 9.22. The Morgan fingerprint density at radius 2 is 2.05 bits per heavy atom. The topological polar surface area (TPSA) is 55.2 Å². The first-order valence-corrected chi connectivity index (χ1v) is 7.12. The molecule has 0 amide bonds. The maximum Gasteiger partial charge on any atom is 0.272 e. The zero-order chi connectivity index (χ0) is 13.7. The molecule has 1 N–H and O–H groups in total. The molecular formula is C15H22N2O2. The molecule has 1 aromatic rings. The molecule has 4 heteroatoms. The number of hydrogen-bond acceptors (Lipinski definition) is 3. The van der Waals surface area contributed by atoms with Gasteiger partial charge in [0.1, 0.15) is 0 Å². The fourth-order valence-electron chi connectivity index (χ4n) is 3.19. The fourth-order valence-corrected chi connectivity index (χ4v) is 3.19. The zero-order valence-corrected chi connectivity index (χ0v) is 11.5. The van der Waals surface area contributed by atoms with Crippen LogP contribution >= 0.6 is 0 Å². The van der Waals surface area contributed by atoms with Crippen LogP contribution in [0.1, 0.15) is 37.7 Å². The number of para-hydroxylation sites is 1. The highest BCUT2D eigenvalue weighted by Crippen LogP contribution is 2.30. The van der Waals surface area contributed by atoms with E-state index in [0.29, 0.717) is 6.04 Å². The summed E-state index contributed by atoms with van der Waals surface area (Å²) in [6.07, 6.45) is 7.00. The van der Waals surface area contributed by atoms with Gasteiger partial charge in [-0.25, -0.2) is 0 Å². The predicted molar refractivity (Wildman–Crippen MR) is 76.2 cm³/mol. The van der Waals surface area contributed by atoms with Crippen molar-refractivity contribution in [3.05, 3.63) is 39.9 Å². The summed E-state index contributed by atoms with van der Waals surface area (Å²) < 4.78 is 0. The Morgan fingerprint density at radius 1 is 1.37 bits per heavy atom. The molecular weight excluding hydrogens is 240 g/mol. The van der Waals surface area contributed by atoms with Gasteiger partial charge in [0.2, 0.25) is 0 Å². The summed E-state index contributed by atoms with van der Waals surface area (Å²) in [6, 6.07) is 7.57. The molecule has 1 aromatic carbocycles. The van der Waals surface area contributed by atoms with E-state index >= 15 is 0 Å². The van der Waals surface area contributed by atoms with E-state index in [-0.39, 0.29) is 10.6 Å². The monoisotopic (exact) mass is 262 g/mol. The van der Waals surface area contributed by atoms with Crippen molar-refractivity contribution in [2.75, 3.05) is 7.05 Å². The number of nitro benzene ring substituents is 1. The van der Waals surface area contributed by atoms with E-state index in [0.717, 1.165) is 24.3 Å². The van der Waals surface area contributed by atoms with E-state index in [1.165, 1.54) is 25.7 Å². The number of rotatable bonds is 6. The molecule has 1 fully saturated rings. The van der Waals surface area contributed by atoms with Gasteiger partial charge in [-0.2, -0.15) is 0 Å². The number of nitrogens with zero attached hydrogens (tertiary/aromatic N) is 1. The van der Waals surface area contributed by atoms with Crippen LogP contribution in [0.2, 0.25) is 0 Å². The lowest BCUT2D eigenvalue weighted by atomic mass is 9.92. The minimum absolute atomic E-state index is 0.253. The molecule has 2 rings (SSSR count). The zero-order valence-electron chi connectivity index (χ0n) is 11.5. The van der Waals surface area contributed by atoms with E-state index in [9.17, 15) is 10.1 Å². The largest absolute Gasteiger partial charge is 0.317 e. The van der Waals surface area contributed by atoms with Crippen molar-refractivity contribution in [3.63, 3.8) is 0 Å². The number of aryl methyl sites for hydroxylation is 1. The molecule has 1 aliphatic carbocycles. The SMILES string of the molecule is CNC(CCc1ccccc1[N+](=O)[O-])C1CCCC1. The van der Waals surface area contributed by atoms with E-state index in [4.69, 9.17) is 0 Å². The quantitative estimate of drug-likeness (QED) is 0.632. The molecule has 104 valence electrons. The molecule has 1 atom stereocenters.